The number of hydrogen-bond donors (Lipinski definition) is 1. The second kappa shape index (κ2) is 12.1. The van der Waals surface area contributed by atoms with Crippen LogP contribution in [0.5, 0.6) is 5.75 Å². The minimum absolute atomic E-state index is 0.0782. The molecule has 7 heteroatoms. The van der Waals surface area contributed by atoms with Crippen molar-refractivity contribution in [1.82, 2.24) is 4.72 Å². The number of esters is 1. The van der Waals surface area contributed by atoms with Gasteiger partial charge >= 0.3 is 5.97 Å². The summed E-state index contributed by atoms with van der Waals surface area (Å²) in [6.45, 7) is 11.6. The van der Waals surface area contributed by atoms with E-state index in [2.05, 4.69) is 4.72 Å². The molecule has 0 radical (unpaired) electrons. The SMILES string of the molecule is COc1cc2c(cc1Cl)[C@@H](N[S@+]([O-])C(C)(C)C)CCC(CCC(=O)OC(C)(C)C)CCCC2. The van der Waals surface area contributed by atoms with Gasteiger partial charge in [0.1, 0.15) is 16.1 Å². The highest BCUT2D eigenvalue weighted by Crippen LogP contribution is 2.37. The van der Waals surface area contributed by atoms with Gasteiger partial charge < -0.3 is 14.0 Å². The summed E-state index contributed by atoms with van der Waals surface area (Å²) in [7, 11) is 1.63. The fourth-order valence-corrected chi connectivity index (χ4v) is 5.30. The van der Waals surface area contributed by atoms with Gasteiger partial charge in [-0.05, 0) is 103 Å². The highest BCUT2D eigenvalue weighted by atomic mass is 35.5. The number of ether oxygens (including phenoxy) is 2. The van der Waals surface area contributed by atoms with Crippen LogP contribution in [0.15, 0.2) is 12.1 Å². The lowest BCUT2D eigenvalue weighted by atomic mass is 9.85. The van der Waals surface area contributed by atoms with Gasteiger partial charge in [0, 0.05) is 17.8 Å². The summed E-state index contributed by atoms with van der Waals surface area (Å²) in [5.41, 5.74) is 1.85. The third kappa shape index (κ3) is 9.31. The normalized spacial score (nSPS) is 21.1. The molecule has 1 N–H and O–H groups in total. The van der Waals surface area contributed by atoms with Crippen molar-refractivity contribution in [2.45, 2.75) is 109 Å². The summed E-state index contributed by atoms with van der Waals surface area (Å²) >= 11 is 5.29. The molecule has 0 fully saturated rings. The number of halogens is 1. The Hall–Kier alpha value is -0.950. The predicted octanol–water partition coefficient (Wildman–Crippen LogP) is 6.69. The Morgan fingerprint density at radius 2 is 1.85 bits per heavy atom. The Balaban J connectivity index is 2.23. The molecule has 0 aromatic heterocycles. The van der Waals surface area contributed by atoms with Crippen LogP contribution in [0.1, 0.15) is 104 Å². The van der Waals surface area contributed by atoms with Crippen molar-refractivity contribution < 1.29 is 18.8 Å². The maximum absolute atomic E-state index is 13.0. The zero-order valence-corrected chi connectivity index (χ0v) is 23.0. The maximum atomic E-state index is 13.0. The molecule has 2 rings (SSSR count). The van der Waals surface area contributed by atoms with E-state index in [4.69, 9.17) is 21.1 Å². The van der Waals surface area contributed by atoms with Crippen LogP contribution in [-0.2, 0) is 27.3 Å². The number of rotatable bonds is 6. The minimum Gasteiger partial charge on any atom is -0.598 e. The monoisotopic (exact) mass is 499 g/mol. The highest BCUT2D eigenvalue weighted by Gasteiger charge is 2.32. The molecule has 0 bridgehead atoms. The first-order valence-corrected chi connectivity index (χ1v) is 13.6. The van der Waals surface area contributed by atoms with Gasteiger partial charge in [-0.25, -0.2) is 0 Å². The van der Waals surface area contributed by atoms with E-state index in [9.17, 15) is 9.35 Å². The molecular formula is C26H42ClNO4S. The fourth-order valence-electron chi connectivity index (χ4n) is 4.19. The standard InChI is InChI=1S/C26H42ClNO4S/c1-25(2,3)32-24(29)15-13-18-10-8-9-11-19-16-23(31-7)21(27)17-20(19)22(14-12-18)28-33(30)26(4,5)6/h16-18,22,28H,8-15H2,1-7H3/t18?,22-,33+/m0/s1. The lowest BCUT2D eigenvalue weighted by Gasteiger charge is -2.31. The number of methoxy groups -OCH3 is 1. The van der Waals surface area contributed by atoms with E-state index < -0.39 is 17.0 Å². The van der Waals surface area contributed by atoms with Gasteiger partial charge in [-0.1, -0.05) is 24.4 Å². The molecule has 1 aliphatic carbocycles. The first-order chi connectivity index (χ1) is 15.3. The van der Waals surface area contributed by atoms with E-state index in [-0.39, 0.29) is 16.8 Å². The fraction of sp³-hybridized carbons (Fsp3) is 0.731. The van der Waals surface area contributed by atoms with E-state index in [1.54, 1.807) is 7.11 Å². The number of carbonyl (C=O) groups is 1. The van der Waals surface area contributed by atoms with Crippen molar-refractivity contribution >= 4 is 28.9 Å². The Morgan fingerprint density at radius 1 is 1.15 bits per heavy atom. The summed E-state index contributed by atoms with van der Waals surface area (Å²) in [5.74, 6) is 0.978. The second-order valence-corrected chi connectivity index (χ2v) is 13.5. The first-order valence-electron chi connectivity index (χ1n) is 12.1. The second-order valence-electron chi connectivity index (χ2n) is 11.1. The Morgan fingerprint density at radius 3 is 2.45 bits per heavy atom. The molecular weight excluding hydrogens is 458 g/mol. The molecule has 3 atom stereocenters. The van der Waals surface area contributed by atoms with Crippen LogP contribution in [-0.4, -0.2) is 28.0 Å². The Kier molecular flexibility index (Phi) is 10.4. The number of carbonyl (C=O) groups excluding carboxylic acids is 1. The van der Waals surface area contributed by atoms with E-state index in [0.29, 0.717) is 23.1 Å². The summed E-state index contributed by atoms with van der Waals surface area (Å²) in [6.07, 6.45) is 7.19. The van der Waals surface area contributed by atoms with Gasteiger partial charge in [-0.3, -0.25) is 4.79 Å². The third-order valence-corrected chi connectivity index (χ3v) is 7.85. The summed E-state index contributed by atoms with van der Waals surface area (Å²) < 4.78 is 27.0. The van der Waals surface area contributed by atoms with E-state index in [1.807, 2.05) is 53.7 Å². The molecule has 1 unspecified atom stereocenters. The van der Waals surface area contributed by atoms with Crippen molar-refractivity contribution in [1.29, 1.82) is 0 Å². The molecule has 1 aromatic rings. The summed E-state index contributed by atoms with van der Waals surface area (Å²) in [4.78, 5) is 12.3. The number of hydrogen-bond acceptors (Lipinski definition) is 5. The van der Waals surface area contributed by atoms with Crippen molar-refractivity contribution in [2.75, 3.05) is 7.11 Å². The molecule has 1 aliphatic rings. The van der Waals surface area contributed by atoms with Gasteiger partial charge in [-0.2, -0.15) is 0 Å². The molecule has 1 aromatic carbocycles. The average molecular weight is 500 g/mol. The van der Waals surface area contributed by atoms with Gasteiger partial charge in [-0.15, -0.1) is 4.72 Å². The number of nitrogens with one attached hydrogen (secondary N) is 1. The Labute approximate surface area is 208 Å². The van der Waals surface area contributed by atoms with E-state index >= 15 is 0 Å². The lowest BCUT2D eigenvalue weighted by molar-refractivity contribution is -0.155. The maximum Gasteiger partial charge on any atom is 0.306 e. The summed E-state index contributed by atoms with van der Waals surface area (Å²) in [5, 5.41) is 0.572. The number of aryl methyl sites for hydroxylation is 1. The topological polar surface area (TPSA) is 70.6 Å². The average Bonchev–Trinajstić information content (AvgIpc) is 2.69. The third-order valence-electron chi connectivity index (χ3n) is 5.94. The van der Waals surface area contributed by atoms with E-state index in [1.165, 1.54) is 5.56 Å². The van der Waals surface area contributed by atoms with Gasteiger partial charge in [0.05, 0.1) is 18.2 Å². The van der Waals surface area contributed by atoms with Crippen molar-refractivity contribution in [3.63, 3.8) is 0 Å². The van der Waals surface area contributed by atoms with Crippen LogP contribution < -0.4 is 9.46 Å². The number of benzene rings is 1. The van der Waals surface area contributed by atoms with Crippen molar-refractivity contribution in [3.05, 3.63) is 28.3 Å². The largest absolute Gasteiger partial charge is 0.598 e. The molecule has 0 aliphatic heterocycles. The molecule has 0 saturated carbocycles. The van der Waals surface area contributed by atoms with E-state index in [0.717, 1.165) is 50.5 Å². The molecule has 0 amide bonds. The van der Waals surface area contributed by atoms with Crippen LogP contribution >= 0.6 is 11.6 Å². The first kappa shape index (κ1) is 28.3. The molecule has 188 valence electrons. The molecule has 0 saturated heterocycles. The van der Waals surface area contributed by atoms with Crippen LogP contribution in [0.25, 0.3) is 0 Å². The zero-order chi connectivity index (χ0) is 24.8. The van der Waals surface area contributed by atoms with Gasteiger partial charge in [0.15, 0.2) is 0 Å². The lowest BCUT2D eigenvalue weighted by Crippen LogP contribution is -2.41. The summed E-state index contributed by atoms with van der Waals surface area (Å²) in [6, 6.07) is 3.93. The van der Waals surface area contributed by atoms with Gasteiger partial charge in [0.25, 0.3) is 0 Å². The molecule has 0 spiro atoms. The smallest absolute Gasteiger partial charge is 0.306 e. The zero-order valence-electron chi connectivity index (χ0n) is 21.4. The number of fused-ring (bicyclic) bond motifs is 1. The predicted molar refractivity (Wildman–Crippen MR) is 137 cm³/mol. The van der Waals surface area contributed by atoms with Crippen LogP contribution in [0, 0.1) is 5.92 Å². The van der Waals surface area contributed by atoms with Gasteiger partial charge in [0.2, 0.25) is 0 Å². The molecule has 0 heterocycles. The van der Waals surface area contributed by atoms with Crippen molar-refractivity contribution in [3.8, 4) is 5.75 Å². The minimum atomic E-state index is -1.21. The Bertz CT molecular complexity index is 788. The van der Waals surface area contributed by atoms with Crippen LogP contribution in [0.2, 0.25) is 5.02 Å². The molecule has 33 heavy (non-hydrogen) atoms. The van der Waals surface area contributed by atoms with Crippen molar-refractivity contribution in [2.24, 2.45) is 5.92 Å². The quantitative estimate of drug-likeness (QED) is 0.349. The van der Waals surface area contributed by atoms with Crippen LogP contribution in [0.4, 0.5) is 0 Å². The highest BCUT2D eigenvalue weighted by molar-refractivity contribution is 7.90. The van der Waals surface area contributed by atoms with Crippen LogP contribution in [0.3, 0.4) is 0 Å². The molecule has 5 nitrogen and oxygen atoms in total.